The van der Waals surface area contributed by atoms with Crippen LogP contribution in [0.5, 0.6) is 0 Å². The van der Waals surface area contributed by atoms with Gasteiger partial charge in [0.25, 0.3) is 0 Å². The van der Waals surface area contributed by atoms with Crippen molar-refractivity contribution in [3.63, 3.8) is 0 Å². The highest BCUT2D eigenvalue weighted by Gasteiger charge is 2.54. The Morgan fingerprint density at radius 3 is 2.02 bits per heavy atom. The molecule has 278 valence electrons. The van der Waals surface area contributed by atoms with Crippen LogP contribution in [0.15, 0.2) is 30.3 Å². The largest absolute Gasteiger partial charge is 0.481 e. The van der Waals surface area contributed by atoms with Crippen LogP contribution >= 0.6 is 0 Å². The standard InChI is InChI=1S/C40H65N5O4Si/c1-7-8-9-10-11-12-13-14-15-16-17-19-25-31(36(46)47)28-33(30-23-20-18-21-24-30)41-38(49)45-29-32-34(39(45,2)3)43-44-35(32)42-37(48)40(26-22-27-40)50(4,5)6/h18,20-21,23-24,31,33H,7-17,19,22,25-29H2,1-6H3,(H,41,49)(H,46,47)(H2,42,43,44,48)/t31-,33?/m0/s1. The number of carboxylic acid groups (broad SMARTS) is 1. The van der Waals surface area contributed by atoms with E-state index in [-0.39, 0.29) is 17.0 Å². The summed E-state index contributed by atoms with van der Waals surface area (Å²) in [6, 6.07) is 8.97. The molecule has 2 atom stereocenters. The van der Waals surface area contributed by atoms with Gasteiger partial charge in [0.2, 0.25) is 5.91 Å². The number of aromatic nitrogens is 2. The van der Waals surface area contributed by atoms with Gasteiger partial charge in [0.15, 0.2) is 5.82 Å². The van der Waals surface area contributed by atoms with Gasteiger partial charge in [-0.3, -0.25) is 14.7 Å². The Bertz CT molecular complexity index is 1400. The minimum atomic E-state index is -1.77. The first-order chi connectivity index (χ1) is 23.8. The number of hydrogen-bond donors (Lipinski definition) is 4. The quantitative estimate of drug-likeness (QED) is 0.0759. The molecule has 1 aromatic heterocycles. The first kappa shape index (κ1) is 39.6. The Morgan fingerprint density at radius 2 is 1.50 bits per heavy atom. The smallest absolute Gasteiger partial charge is 0.318 e. The first-order valence-corrected chi connectivity index (χ1v) is 23.1. The Labute approximate surface area is 302 Å². The lowest BCUT2D eigenvalue weighted by molar-refractivity contribution is -0.142. The summed E-state index contributed by atoms with van der Waals surface area (Å²) in [5, 5.41) is 23.9. The number of benzene rings is 1. The van der Waals surface area contributed by atoms with Gasteiger partial charge in [0, 0.05) is 10.6 Å². The van der Waals surface area contributed by atoms with E-state index in [1.165, 1.54) is 57.8 Å². The minimum Gasteiger partial charge on any atom is -0.481 e. The average molecular weight is 708 g/mol. The predicted octanol–water partition coefficient (Wildman–Crippen LogP) is 10.3. The van der Waals surface area contributed by atoms with Gasteiger partial charge >= 0.3 is 12.0 Å². The van der Waals surface area contributed by atoms with Crippen molar-refractivity contribution in [2.24, 2.45) is 5.92 Å². The van der Waals surface area contributed by atoms with Gasteiger partial charge < -0.3 is 20.6 Å². The van der Waals surface area contributed by atoms with E-state index in [9.17, 15) is 19.5 Å². The summed E-state index contributed by atoms with van der Waals surface area (Å²) >= 11 is 0. The van der Waals surface area contributed by atoms with Crippen molar-refractivity contribution < 1.29 is 19.5 Å². The number of anilines is 1. The van der Waals surface area contributed by atoms with Gasteiger partial charge in [0.05, 0.1) is 37.8 Å². The molecule has 4 N–H and O–H groups in total. The molecular weight excluding hydrogens is 643 g/mol. The number of hydrogen-bond acceptors (Lipinski definition) is 4. The molecule has 2 aromatic rings. The molecule has 0 radical (unpaired) electrons. The van der Waals surface area contributed by atoms with E-state index in [1.807, 2.05) is 44.2 Å². The topological polar surface area (TPSA) is 127 Å². The second-order valence-electron chi connectivity index (χ2n) is 16.6. The highest BCUT2D eigenvalue weighted by atomic mass is 28.3. The fourth-order valence-electron chi connectivity index (χ4n) is 8.07. The SMILES string of the molecule is CCCCCCCCCCCCCC[C@@H](CC(NC(=O)N1Cc2c(NC(=O)C3([Si](C)(C)C)CCC3)n[nH]c2C1(C)C)c1ccccc1)C(=O)O. The number of H-pyrrole nitrogens is 1. The number of carbonyl (C=O) groups is 3. The number of urea groups is 1. The molecule has 4 rings (SSSR count). The number of aliphatic carboxylic acids is 1. The van der Waals surface area contributed by atoms with Crippen molar-refractivity contribution in [2.75, 3.05) is 5.32 Å². The maximum Gasteiger partial charge on any atom is 0.318 e. The minimum absolute atomic E-state index is 0.0509. The number of rotatable bonds is 21. The third kappa shape index (κ3) is 9.59. The van der Waals surface area contributed by atoms with Gasteiger partial charge in [-0.2, -0.15) is 5.10 Å². The van der Waals surface area contributed by atoms with E-state index < -0.39 is 31.5 Å². The zero-order chi connectivity index (χ0) is 36.4. The molecule has 0 bridgehead atoms. The van der Waals surface area contributed by atoms with Crippen LogP contribution in [-0.4, -0.2) is 46.2 Å². The monoisotopic (exact) mass is 707 g/mol. The number of nitrogens with zero attached hydrogens (tertiary/aromatic N) is 2. The van der Waals surface area contributed by atoms with E-state index in [0.29, 0.717) is 25.2 Å². The maximum atomic E-state index is 14.1. The number of nitrogens with one attached hydrogen (secondary N) is 3. The van der Waals surface area contributed by atoms with E-state index in [4.69, 9.17) is 0 Å². The molecule has 9 nitrogen and oxygen atoms in total. The summed E-state index contributed by atoms with van der Waals surface area (Å²) in [6.45, 7) is 13.3. The number of fused-ring (bicyclic) bond motifs is 1. The van der Waals surface area contributed by atoms with Crippen LogP contribution < -0.4 is 10.6 Å². The van der Waals surface area contributed by atoms with Crippen molar-refractivity contribution in [1.82, 2.24) is 20.4 Å². The lowest BCUT2D eigenvalue weighted by atomic mass is 9.83. The van der Waals surface area contributed by atoms with Crippen LogP contribution in [0.25, 0.3) is 0 Å². The summed E-state index contributed by atoms with van der Waals surface area (Å²) in [5.74, 6) is -0.811. The van der Waals surface area contributed by atoms with Crippen molar-refractivity contribution >= 4 is 31.8 Å². The number of carbonyl (C=O) groups excluding carboxylic acids is 2. The molecule has 0 spiro atoms. The summed E-state index contributed by atoms with van der Waals surface area (Å²) < 4.78 is 0. The zero-order valence-electron chi connectivity index (χ0n) is 31.8. The van der Waals surface area contributed by atoms with Crippen LogP contribution in [0.4, 0.5) is 10.6 Å². The molecule has 1 aliphatic heterocycles. The van der Waals surface area contributed by atoms with E-state index in [1.54, 1.807) is 4.90 Å². The second kappa shape index (κ2) is 17.9. The van der Waals surface area contributed by atoms with E-state index in [2.05, 4.69) is 47.4 Å². The summed E-state index contributed by atoms with van der Waals surface area (Å²) in [4.78, 5) is 41.9. The Hall–Kier alpha value is -3.14. The maximum absolute atomic E-state index is 14.1. The Balaban J connectivity index is 1.34. The third-order valence-electron chi connectivity index (χ3n) is 11.8. The molecule has 1 fully saturated rings. The van der Waals surface area contributed by atoms with Crippen molar-refractivity contribution in [3.05, 3.63) is 47.2 Å². The lowest BCUT2D eigenvalue weighted by Gasteiger charge is -2.48. The van der Waals surface area contributed by atoms with Gasteiger partial charge in [-0.1, -0.05) is 140 Å². The highest BCUT2D eigenvalue weighted by molar-refractivity contribution is 6.83. The molecule has 10 heteroatoms. The molecule has 2 aliphatic rings. The molecule has 1 aromatic carbocycles. The third-order valence-corrected chi connectivity index (χ3v) is 15.4. The number of aromatic amines is 1. The number of unbranched alkanes of at least 4 members (excludes halogenated alkanes) is 11. The average Bonchev–Trinajstić information content (AvgIpc) is 3.56. The predicted molar refractivity (Wildman–Crippen MR) is 205 cm³/mol. The van der Waals surface area contributed by atoms with Crippen LogP contribution in [-0.2, 0) is 21.7 Å². The second-order valence-corrected chi connectivity index (χ2v) is 22.0. The fourth-order valence-corrected chi connectivity index (χ4v) is 10.7. The van der Waals surface area contributed by atoms with Crippen molar-refractivity contribution in [2.45, 2.75) is 173 Å². The molecule has 3 amide bonds. The lowest BCUT2D eigenvalue weighted by Crippen LogP contribution is -2.52. The van der Waals surface area contributed by atoms with Crippen LogP contribution in [0.2, 0.25) is 24.7 Å². The first-order valence-electron chi connectivity index (χ1n) is 19.6. The molecule has 50 heavy (non-hydrogen) atoms. The van der Waals surface area contributed by atoms with E-state index >= 15 is 0 Å². The molecule has 2 heterocycles. The van der Waals surface area contributed by atoms with Gasteiger partial charge in [-0.05, 0) is 45.1 Å². The van der Waals surface area contributed by atoms with Crippen molar-refractivity contribution in [3.8, 4) is 0 Å². The number of carboxylic acids is 1. The van der Waals surface area contributed by atoms with Crippen LogP contribution in [0.1, 0.15) is 153 Å². The summed E-state index contributed by atoms with van der Waals surface area (Å²) in [5.41, 5.74) is 1.83. The fraction of sp³-hybridized carbons (Fsp3) is 0.700. The summed E-state index contributed by atoms with van der Waals surface area (Å²) in [6.07, 6.45) is 18.7. The molecule has 1 saturated carbocycles. The van der Waals surface area contributed by atoms with Gasteiger partial charge in [0.1, 0.15) is 0 Å². The molecule has 1 aliphatic carbocycles. The molecular formula is C40H65N5O4Si. The Morgan fingerprint density at radius 1 is 0.920 bits per heavy atom. The van der Waals surface area contributed by atoms with Crippen LogP contribution in [0, 0.1) is 5.92 Å². The number of amides is 3. The van der Waals surface area contributed by atoms with E-state index in [0.717, 1.165) is 55.3 Å². The zero-order valence-corrected chi connectivity index (χ0v) is 32.8. The van der Waals surface area contributed by atoms with Gasteiger partial charge in [-0.25, -0.2) is 4.79 Å². The Kier molecular flexibility index (Phi) is 14.2. The normalized spacial score (nSPS) is 17.4. The van der Waals surface area contributed by atoms with Gasteiger partial charge in [-0.15, -0.1) is 0 Å². The highest BCUT2D eigenvalue weighted by Crippen LogP contribution is 2.56. The summed E-state index contributed by atoms with van der Waals surface area (Å²) in [7, 11) is -1.77. The molecule has 0 saturated heterocycles. The van der Waals surface area contributed by atoms with Crippen LogP contribution in [0.3, 0.4) is 0 Å². The van der Waals surface area contributed by atoms with Crippen molar-refractivity contribution in [1.29, 1.82) is 0 Å². The molecule has 1 unspecified atom stereocenters.